The summed E-state index contributed by atoms with van der Waals surface area (Å²) in [6.07, 6.45) is 8.02. The van der Waals surface area contributed by atoms with Crippen LogP contribution < -0.4 is 0 Å². The van der Waals surface area contributed by atoms with Gasteiger partial charge in [0.05, 0.1) is 0 Å². The maximum absolute atomic E-state index is 9.16. The van der Waals surface area contributed by atoms with E-state index in [9.17, 15) is 0 Å². The molecule has 0 aromatic rings. The van der Waals surface area contributed by atoms with E-state index in [2.05, 4.69) is 28.3 Å². The minimum Gasteiger partial charge on any atom is -0.195 e. The third-order valence-corrected chi connectivity index (χ3v) is 1.75. The van der Waals surface area contributed by atoms with Crippen molar-refractivity contribution in [1.29, 1.82) is 0 Å². The van der Waals surface area contributed by atoms with E-state index in [0.717, 1.165) is 5.88 Å². The lowest BCUT2D eigenvalue weighted by Gasteiger charge is -1.95. The molecule has 0 aliphatic heterocycles. The second-order valence-corrected chi connectivity index (χ2v) is 6.88. The van der Waals surface area contributed by atoms with Crippen LogP contribution in [0.2, 0.25) is 0 Å². The van der Waals surface area contributed by atoms with Crippen LogP contribution in [0.4, 0.5) is 0 Å². The molecule has 2 nitrogen and oxygen atoms in total. The molecule has 0 atom stereocenters. The molecule has 0 N–H and O–H groups in total. The van der Waals surface area contributed by atoms with E-state index in [-0.39, 0.29) is 0 Å². The molecule has 0 aromatic heterocycles. The van der Waals surface area contributed by atoms with E-state index in [4.69, 9.17) is 20.0 Å². The zero-order valence-electron chi connectivity index (χ0n) is 8.31. The molecular weight excluding hydrogens is 267 g/mol. The van der Waals surface area contributed by atoms with Gasteiger partial charge >= 0.3 is 8.26 Å². The van der Waals surface area contributed by atoms with Gasteiger partial charge in [0.2, 0.25) is 0 Å². The van der Waals surface area contributed by atoms with Crippen molar-refractivity contribution in [2.75, 3.05) is 5.88 Å². The standard InChI is InChI=1S/C8H17Cl.Cl2O2S/c1-2-3-4-5-6-7-8-9;1-5(2,3)4/h2-8H2,1H3;. The Morgan fingerprint density at radius 3 is 1.64 bits per heavy atom. The maximum atomic E-state index is 9.16. The van der Waals surface area contributed by atoms with Gasteiger partial charge in [0.15, 0.2) is 0 Å². The Morgan fingerprint density at radius 1 is 0.929 bits per heavy atom. The van der Waals surface area contributed by atoms with Crippen LogP contribution in [0.15, 0.2) is 0 Å². The fourth-order valence-corrected chi connectivity index (χ4v) is 1.06. The van der Waals surface area contributed by atoms with Crippen LogP contribution in [0.25, 0.3) is 0 Å². The quantitative estimate of drug-likeness (QED) is 0.414. The topological polar surface area (TPSA) is 34.1 Å². The minimum atomic E-state index is -3.72. The number of hydrogen-bond donors (Lipinski definition) is 0. The highest BCUT2D eigenvalue weighted by Gasteiger charge is 1.88. The Balaban J connectivity index is 0. The molecule has 14 heavy (non-hydrogen) atoms. The van der Waals surface area contributed by atoms with Crippen LogP contribution >= 0.6 is 33.0 Å². The average molecular weight is 284 g/mol. The zero-order chi connectivity index (χ0) is 11.4. The molecule has 6 heteroatoms. The molecule has 0 amide bonds. The maximum Gasteiger partial charge on any atom is 0.317 e. The highest BCUT2D eigenvalue weighted by molar-refractivity contribution is 8.31. The van der Waals surface area contributed by atoms with Crippen LogP contribution in [0.5, 0.6) is 0 Å². The van der Waals surface area contributed by atoms with Crippen LogP contribution in [0.1, 0.15) is 45.4 Å². The van der Waals surface area contributed by atoms with Crippen molar-refractivity contribution in [3.63, 3.8) is 0 Å². The smallest absolute Gasteiger partial charge is 0.195 e. The van der Waals surface area contributed by atoms with Crippen molar-refractivity contribution in [1.82, 2.24) is 0 Å². The van der Waals surface area contributed by atoms with Crippen molar-refractivity contribution in [3.05, 3.63) is 0 Å². The Labute approximate surface area is 101 Å². The minimum absolute atomic E-state index is 0.839. The van der Waals surface area contributed by atoms with Crippen LogP contribution in [-0.4, -0.2) is 14.3 Å². The monoisotopic (exact) mass is 282 g/mol. The SMILES string of the molecule is CCCCCCCCCl.O=S(=O)(Cl)Cl. The van der Waals surface area contributed by atoms with Crippen molar-refractivity contribution >= 4 is 41.2 Å². The Hall–Kier alpha value is 0.820. The number of rotatable bonds is 6. The second kappa shape index (κ2) is 11.9. The normalized spacial score (nSPS) is 10.6. The fraction of sp³-hybridized carbons (Fsp3) is 1.00. The number of unbranched alkanes of at least 4 members (excludes halogenated alkanes) is 5. The third-order valence-electron chi connectivity index (χ3n) is 1.49. The summed E-state index contributed by atoms with van der Waals surface area (Å²) in [5.74, 6) is 0.839. The van der Waals surface area contributed by atoms with Gasteiger partial charge in [-0.25, -0.2) is 0 Å². The summed E-state index contributed by atoms with van der Waals surface area (Å²) < 4.78 is 18.3. The van der Waals surface area contributed by atoms with Crippen LogP contribution in [0, 0.1) is 0 Å². The van der Waals surface area contributed by atoms with Crippen LogP contribution in [-0.2, 0) is 8.26 Å². The summed E-state index contributed by atoms with van der Waals surface area (Å²) in [5.41, 5.74) is 0. The van der Waals surface area contributed by atoms with E-state index < -0.39 is 8.26 Å². The first kappa shape index (κ1) is 17.2. The Bertz CT molecular complexity index is 179. The zero-order valence-corrected chi connectivity index (χ0v) is 11.4. The molecule has 0 fully saturated rings. The molecule has 0 saturated carbocycles. The molecule has 0 unspecified atom stereocenters. The van der Waals surface area contributed by atoms with Gasteiger partial charge < -0.3 is 0 Å². The van der Waals surface area contributed by atoms with Crippen molar-refractivity contribution < 1.29 is 8.42 Å². The number of halogens is 3. The van der Waals surface area contributed by atoms with E-state index in [1.165, 1.54) is 38.5 Å². The molecule has 0 aromatic carbocycles. The largest absolute Gasteiger partial charge is 0.317 e. The highest BCUT2D eigenvalue weighted by Crippen LogP contribution is 2.04. The van der Waals surface area contributed by atoms with Gasteiger partial charge in [-0.3, -0.25) is 0 Å². The molecule has 0 aliphatic carbocycles. The lowest BCUT2D eigenvalue weighted by molar-refractivity contribution is 0.621. The summed E-state index contributed by atoms with van der Waals surface area (Å²) in [6.45, 7) is 2.24. The molecule has 0 saturated heterocycles. The van der Waals surface area contributed by atoms with E-state index >= 15 is 0 Å². The van der Waals surface area contributed by atoms with E-state index in [1.807, 2.05) is 0 Å². The summed E-state index contributed by atoms with van der Waals surface area (Å²) >= 11 is 5.51. The lowest BCUT2D eigenvalue weighted by atomic mass is 10.1. The Morgan fingerprint density at radius 2 is 1.29 bits per heavy atom. The summed E-state index contributed by atoms with van der Waals surface area (Å²) in [6, 6.07) is 0. The first-order chi connectivity index (χ1) is 6.41. The van der Waals surface area contributed by atoms with Gasteiger partial charge in [-0.1, -0.05) is 39.0 Å². The predicted octanol–water partition coefficient (Wildman–Crippen LogP) is 4.29. The average Bonchev–Trinajstić information content (AvgIpc) is 2.01. The molecule has 0 aliphatic rings. The van der Waals surface area contributed by atoms with E-state index in [1.54, 1.807) is 0 Å². The fourth-order valence-electron chi connectivity index (χ4n) is 0.875. The summed E-state index contributed by atoms with van der Waals surface area (Å²) in [4.78, 5) is 0. The van der Waals surface area contributed by atoms with Gasteiger partial charge in [-0.15, -0.1) is 11.6 Å². The molecule has 88 valence electrons. The van der Waals surface area contributed by atoms with Crippen molar-refractivity contribution in [3.8, 4) is 0 Å². The van der Waals surface area contributed by atoms with Gasteiger partial charge in [0.25, 0.3) is 0 Å². The highest BCUT2D eigenvalue weighted by atomic mass is 36.0. The summed E-state index contributed by atoms with van der Waals surface area (Å²) in [5, 5.41) is 0. The first-order valence-electron chi connectivity index (χ1n) is 4.62. The molecule has 0 rings (SSSR count). The first-order valence-corrected chi connectivity index (χ1v) is 8.29. The third kappa shape index (κ3) is 38.5. The molecule has 0 spiro atoms. The van der Waals surface area contributed by atoms with Gasteiger partial charge in [0.1, 0.15) is 0 Å². The van der Waals surface area contributed by atoms with Crippen molar-refractivity contribution in [2.45, 2.75) is 45.4 Å². The number of alkyl halides is 1. The van der Waals surface area contributed by atoms with Crippen LogP contribution in [0.3, 0.4) is 0 Å². The van der Waals surface area contributed by atoms with Gasteiger partial charge in [0, 0.05) is 27.2 Å². The molecule has 0 radical (unpaired) electrons. The summed E-state index contributed by atoms with van der Waals surface area (Å²) in [7, 11) is 4.81. The molecule has 0 heterocycles. The molecule has 0 bridgehead atoms. The number of hydrogen-bond acceptors (Lipinski definition) is 2. The van der Waals surface area contributed by atoms with E-state index in [0.29, 0.717) is 0 Å². The second-order valence-electron chi connectivity index (χ2n) is 2.84. The predicted molar refractivity (Wildman–Crippen MR) is 64.7 cm³/mol. The lowest BCUT2D eigenvalue weighted by Crippen LogP contribution is -1.78. The van der Waals surface area contributed by atoms with Gasteiger partial charge in [-0.05, 0) is 6.42 Å². The Kier molecular flexibility index (Phi) is 14.6. The van der Waals surface area contributed by atoms with Crippen molar-refractivity contribution in [2.24, 2.45) is 0 Å². The molecular formula is C8H17Cl3O2S. The van der Waals surface area contributed by atoms with Gasteiger partial charge in [-0.2, -0.15) is 8.42 Å².